The second kappa shape index (κ2) is 5.89. The molecule has 2 atom stereocenters. The van der Waals surface area contributed by atoms with E-state index in [0.29, 0.717) is 18.3 Å². The van der Waals surface area contributed by atoms with Crippen LogP contribution in [-0.2, 0) is 16.9 Å². The van der Waals surface area contributed by atoms with Crippen molar-refractivity contribution < 1.29 is 4.79 Å². The molecule has 0 radical (unpaired) electrons. The third kappa shape index (κ3) is 2.71. The van der Waals surface area contributed by atoms with Gasteiger partial charge in [0, 0.05) is 18.5 Å². The van der Waals surface area contributed by atoms with Gasteiger partial charge in [0.15, 0.2) is 0 Å². The van der Waals surface area contributed by atoms with Crippen molar-refractivity contribution in [2.24, 2.45) is 11.8 Å². The highest BCUT2D eigenvalue weighted by molar-refractivity contribution is 5.76. The largest absolute Gasteiger partial charge is 0.351 e. The van der Waals surface area contributed by atoms with Gasteiger partial charge in [0.1, 0.15) is 25.3 Å². The van der Waals surface area contributed by atoms with Gasteiger partial charge >= 0.3 is 0 Å². The first-order valence-electron chi connectivity index (χ1n) is 9.63. The van der Waals surface area contributed by atoms with E-state index in [1.54, 1.807) is 17.3 Å². The third-order valence-corrected chi connectivity index (χ3v) is 6.60. The van der Waals surface area contributed by atoms with E-state index in [4.69, 9.17) is 0 Å². The van der Waals surface area contributed by atoms with Gasteiger partial charge < -0.3 is 5.32 Å². The number of carbonyl (C=O) groups excluding carboxylic acids is 1. The molecule has 0 saturated heterocycles. The quantitative estimate of drug-likeness (QED) is 0.848. The molecule has 0 aliphatic heterocycles. The van der Waals surface area contributed by atoms with Crippen molar-refractivity contribution in [1.82, 2.24) is 34.8 Å². The number of nitrogens with zero attached hydrogens (tertiary/aromatic N) is 6. The molecule has 4 fully saturated rings. The maximum atomic E-state index is 12.7. The van der Waals surface area contributed by atoms with Crippen LogP contribution in [-0.4, -0.2) is 41.0 Å². The van der Waals surface area contributed by atoms with Gasteiger partial charge in [-0.1, -0.05) is 0 Å². The molecular formula is C18H25N7O. The minimum Gasteiger partial charge on any atom is -0.351 e. The zero-order valence-electron chi connectivity index (χ0n) is 14.9. The molecule has 26 heavy (non-hydrogen) atoms. The van der Waals surface area contributed by atoms with E-state index in [-0.39, 0.29) is 17.0 Å². The van der Waals surface area contributed by atoms with E-state index in [1.807, 2.05) is 6.33 Å². The van der Waals surface area contributed by atoms with Crippen LogP contribution < -0.4 is 5.32 Å². The Balaban J connectivity index is 1.27. The first kappa shape index (κ1) is 16.0. The lowest BCUT2D eigenvalue weighted by Crippen LogP contribution is -2.65. The molecule has 1 amide bonds. The average molecular weight is 355 g/mol. The minimum absolute atomic E-state index is 0.0502. The highest BCUT2D eigenvalue weighted by Crippen LogP contribution is 2.60. The van der Waals surface area contributed by atoms with Crippen LogP contribution >= 0.6 is 0 Å². The molecule has 138 valence electrons. The molecule has 4 saturated carbocycles. The number of rotatable bonds is 6. The molecule has 2 aromatic heterocycles. The van der Waals surface area contributed by atoms with Gasteiger partial charge in [0.2, 0.25) is 5.91 Å². The highest BCUT2D eigenvalue weighted by atomic mass is 16.1. The summed E-state index contributed by atoms with van der Waals surface area (Å²) in [6.07, 6.45) is 14.9. The van der Waals surface area contributed by atoms with E-state index in [0.717, 1.165) is 32.2 Å². The standard InChI is InChI=1S/C18H25N7O/c26-16(2-1-3-24-12-19-10-21-24)23-17-5-14-4-15(6-17)8-18(7-14,9-17)25-13-20-11-22-25/h10-15H,1-9H2,(H,23,26). The fraction of sp³-hybridized carbons (Fsp3) is 0.722. The van der Waals surface area contributed by atoms with Gasteiger partial charge in [-0.05, 0) is 56.8 Å². The topological polar surface area (TPSA) is 90.5 Å². The second-order valence-corrected chi connectivity index (χ2v) is 8.62. The summed E-state index contributed by atoms with van der Waals surface area (Å²) in [4.78, 5) is 20.8. The SMILES string of the molecule is O=C(CCCn1cncn1)NC12CC3CC(C1)CC(n1cncn1)(C3)C2. The molecular weight excluding hydrogens is 330 g/mol. The van der Waals surface area contributed by atoms with Crippen molar-refractivity contribution in [3.63, 3.8) is 0 Å². The molecule has 8 nitrogen and oxygen atoms in total. The Morgan fingerprint density at radius 2 is 1.85 bits per heavy atom. The molecule has 8 heteroatoms. The van der Waals surface area contributed by atoms with Crippen molar-refractivity contribution in [3.8, 4) is 0 Å². The first-order valence-corrected chi connectivity index (χ1v) is 9.63. The number of aryl methyl sites for hydroxylation is 1. The number of carbonyl (C=O) groups is 1. The van der Waals surface area contributed by atoms with Crippen LogP contribution in [0.25, 0.3) is 0 Å². The zero-order valence-corrected chi connectivity index (χ0v) is 14.9. The Labute approximate surface area is 152 Å². The summed E-state index contributed by atoms with van der Waals surface area (Å²) in [5, 5.41) is 12.0. The van der Waals surface area contributed by atoms with Crippen molar-refractivity contribution in [1.29, 1.82) is 0 Å². The lowest BCUT2D eigenvalue weighted by molar-refractivity contribution is -0.130. The summed E-state index contributed by atoms with van der Waals surface area (Å²) >= 11 is 0. The van der Waals surface area contributed by atoms with Crippen molar-refractivity contribution in [2.45, 2.75) is 69.0 Å². The summed E-state index contributed by atoms with van der Waals surface area (Å²) in [6, 6.07) is 0. The van der Waals surface area contributed by atoms with Crippen LogP contribution in [0.3, 0.4) is 0 Å². The Hall–Kier alpha value is -2.25. The first-order chi connectivity index (χ1) is 12.6. The van der Waals surface area contributed by atoms with Gasteiger partial charge in [0.05, 0.1) is 5.54 Å². The highest BCUT2D eigenvalue weighted by Gasteiger charge is 2.59. The Morgan fingerprint density at radius 1 is 1.08 bits per heavy atom. The Bertz CT molecular complexity index is 756. The van der Waals surface area contributed by atoms with E-state index in [9.17, 15) is 4.79 Å². The third-order valence-electron chi connectivity index (χ3n) is 6.60. The number of hydrogen-bond donors (Lipinski definition) is 1. The Morgan fingerprint density at radius 3 is 2.54 bits per heavy atom. The van der Waals surface area contributed by atoms with Gasteiger partial charge in [0.25, 0.3) is 0 Å². The molecule has 4 bridgehead atoms. The van der Waals surface area contributed by atoms with Crippen molar-refractivity contribution >= 4 is 5.91 Å². The number of nitrogens with one attached hydrogen (secondary N) is 1. The summed E-state index contributed by atoms with van der Waals surface area (Å²) in [5.41, 5.74) is -0.00499. The maximum Gasteiger partial charge on any atom is 0.220 e. The van der Waals surface area contributed by atoms with Crippen LogP contribution in [0.2, 0.25) is 0 Å². The lowest BCUT2D eigenvalue weighted by Gasteiger charge is -2.61. The molecule has 6 rings (SSSR count). The van der Waals surface area contributed by atoms with Crippen LogP contribution in [0.15, 0.2) is 25.3 Å². The molecule has 0 aromatic carbocycles. The smallest absolute Gasteiger partial charge is 0.220 e. The number of amides is 1. The number of aromatic nitrogens is 6. The predicted molar refractivity (Wildman–Crippen MR) is 92.8 cm³/mol. The minimum atomic E-state index is -0.0552. The van der Waals surface area contributed by atoms with E-state index >= 15 is 0 Å². The second-order valence-electron chi connectivity index (χ2n) is 8.62. The fourth-order valence-corrected chi connectivity index (χ4v) is 6.19. The van der Waals surface area contributed by atoms with E-state index < -0.39 is 0 Å². The molecule has 0 spiro atoms. The Kier molecular flexibility index (Phi) is 3.62. The summed E-state index contributed by atoms with van der Waals surface area (Å²) in [5.74, 6) is 1.55. The molecule has 2 unspecified atom stereocenters. The van der Waals surface area contributed by atoms with Gasteiger partial charge in [-0.25, -0.2) is 14.6 Å². The van der Waals surface area contributed by atoms with Gasteiger partial charge in [-0.15, -0.1) is 0 Å². The van der Waals surface area contributed by atoms with E-state index in [1.165, 1.54) is 25.6 Å². The van der Waals surface area contributed by atoms with Crippen LogP contribution in [0.5, 0.6) is 0 Å². The number of hydrogen-bond acceptors (Lipinski definition) is 5. The lowest BCUT2D eigenvalue weighted by atomic mass is 9.50. The summed E-state index contributed by atoms with van der Waals surface area (Å²) in [7, 11) is 0. The molecule has 4 aliphatic carbocycles. The molecule has 4 aliphatic rings. The summed E-state index contributed by atoms with van der Waals surface area (Å²) in [6.45, 7) is 0.731. The molecule has 2 heterocycles. The fourth-order valence-electron chi connectivity index (χ4n) is 6.19. The van der Waals surface area contributed by atoms with Crippen LogP contribution in [0.4, 0.5) is 0 Å². The van der Waals surface area contributed by atoms with Crippen LogP contribution in [0, 0.1) is 11.8 Å². The zero-order chi connectivity index (χ0) is 17.6. The van der Waals surface area contributed by atoms with Crippen molar-refractivity contribution in [3.05, 3.63) is 25.3 Å². The van der Waals surface area contributed by atoms with Crippen LogP contribution in [0.1, 0.15) is 51.4 Å². The predicted octanol–water partition coefficient (Wildman–Crippen LogP) is 1.51. The monoisotopic (exact) mass is 355 g/mol. The van der Waals surface area contributed by atoms with Crippen molar-refractivity contribution in [2.75, 3.05) is 0 Å². The normalized spacial score (nSPS) is 34.9. The van der Waals surface area contributed by atoms with Gasteiger partial charge in [-0.2, -0.15) is 10.2 Å². The van der Waals surface area contributed by atoms with Gasteiger partial charge in [-0.3, -0.25) is 9.48 Å². The molecule has 2 aromatic rings. The molecule has 1 N–H and O–H groups in total. The summed E-state index contributed by atoms with van der Waals surface area (Å²) < 4.78 is 3.85. The average Bonchev–Trinajstić information content (AvgIpc) is 3.27. The maximum absolute atomic E-state index is 12.7. The van der Waals surface area contributed by atoms with E-state index in [2.05, 4.69) is 30.2 Å².